The molecule has 2 rings (SSSR count). The molecule has 0 amide bonds. The molecule has 0 fully saturated rings. The number of nitrogens with zero attached hydrogens (tertiary/aromatic N) is 1. The van der Waals surface area contributed by atoms with Gasteiger partial charge in [-0.1, -0.05) is 12.1 Å². The Morgan fingerprint density at radius 2 is 1.77 bits per heavy atom. The number of carbonyl (C=O) groups is 1. The van der Waals surface area contributed by atoms with Gasteiger partial charge in [-0.25, -0.2) is 4.79 Å². The van der Waals surface area contributed by atoms with Gasteiger partial charge in [-0.3, -0.25) is 0 Å². The predicted octanol–water partition coefficient (Wildman–Crippen LogP) is 2.93. The summed E-state index contributed by atoms with van der Waals surface area (Å²) < 4.78 is 15.5. The molecule has 112 valence electrons. The molecule has 0 bridgehead atoms. The van der Waals surface area contributed by atoms with Crippen molar-refractivity contribution >= 4 is 5.97 Å². The van der Waals surface area contributed by atoms with Crippen LogP contribution in [-0.2, 0) is 11.3 Å². The lowest BCUT2D eigenvalue weighted by Crippen LogP contribution is -2.06. The zero-order chi connectivity index (χ0) is 15.9. The van der Waals surface area contributed by atoms with Crippen LogP contribution in [0, 0.1) is 11.3 Å². The average molecular weight is 297 g/mol. The number of rotatable bonds is 5. The van der Waals surface area contributed by atoms with Crippen LogP contribution in [0.4, 0.5) is 0 Å². The number of carbonyl (C=O) groups excluding carboxylic acids is 1. The fourth-order valence-corrected chi connectivity index (χ4v) is 1.89. The third kappa shape index (κ3) is 3.76. The van der Waals surface area contributed by atoms with Crippen LogP contribution < -0.4 is 9.47 Å². The van der Waals surface area contributed by atoms with E-state index in [1.54, 1.807) is 42.5 Å². The van der Waals surface area contributed by atoms with Crippen LogP contribution in [0.1, 0.15) is 21.5 Å². The lowest BCUT2D eigenvalue weighted by atomic mass is 10.1. The first-order valence-corrected chi connectivity index (χ1v) is 6.55. The van der Waals surface area contributed by atoms with E-state index in [4.69, 9.17) is 19.5 Å². The van der Waals surface area contributed by atoms with Crippen molar-refractivity contribution in [2.24, 2.45) is 0 Å². The van der Waals surface area contributed by atoms with Gasteiger partial charge in [-0.05, 0) is 29.8 Å². The summed E-state index contributed by atoms with van der Waals surface area (Å²) in [4.78, 5) is 12.1. The summed E-state index contributed by atoms with van der Waals surface area (Å²) in [7, 11) is 3.02. The third-order valence-electron chi connectivity index (χ3n) is 3.01. The Bertz CT molecular complexity index is 697. The highest BCUT2D eigenvalue weighted by atomic mass is 16.5. The first kappa shape index (κ1) is 15.4. The van der Waals surface area contributed by atoms with Gasteiger partial charge < -0.3 is 14.2 Å². The summed E-state index contributed by atoms with van der Waals surface area (Å²) in [5.41, 5.74) is 1.62. The van der Waals surface area contributed by atoms with E-state index in [2.05, 4.69) is 0 Å². The van der Waals surface area contributed by atoms with Gasteiger partial charge in [0.05, 0.1) is 31.4 Å². The molecule has 0 aromatic heterocycles. The highest BCUT2D eigenvalue weighted by Gasteiger charge is 2.11. The first-order valence-electron chi connectivity index (χ1n) is 6.55. The molecule has 0 aliphatic carbocycles. The number of nitriles is 1. The van der Waals surface area contributed by atoms with Crippen LogP contribution in [0.2, 0.25) is 0 Å². The van der Waals surface area contributed by atoms with E-state index in [1.807, 2.05) is 6.07 Å². The van der Waals surface area contributed by atoms with Crippen LogP contribution >= 0.6 is 0 Å². The molecule has 22 heavy (non-hydrogen) atoms. The predicted molar refractivity (Wildman–Crippen MR) is 79.8 cm³/mol. The Labute approximate surface area is 128 Å². The van der Waals surface area contributed by atoms with Crippen LogP contribution in [0.15, 0.2) is 42.5 Å². The maximum Gasteiger partial charge on any atom is 0.338 e. The maximum absolute atomic E-state index is 12.1. The number of benzene rings is 2. The van der Waals surface area contributed by atoms with Gasteiger partial charge in [0.2, 0.25) is 0 Å². The van der Waals surface area contributed by atoms with Crippen molar-refractivity contribution in [1.82, 2.24) is 0 Å². The van der Waals surface area contributed by atoms with Gasteiger partial charge in [-0.15, -0.1) is 0 Å². The number of hydrogen-bond donors (Lipinski definition) is 0. The second-order valence-corrected chi connectivity index (χ2v) is 4.49. The molecule has 5 nitrogen and oxygen atoms in total. The minimum Gasteiger partial charge on any atom is -0.497 e. The van der Waals surface area contributed by atoms with Crippen molar-refractivity contribution in [3.63, 3.8) is 0 Å². The van der Waals surface area contributed by atoms with E-state index >= 15 is 0 Å². The number of hydrogen-bond acceptors (Lipinski definition) is 5. The molecule has 0 heterocycles. The Morgan fingerprint density at radius 1 is 1.09 bits per heavy atom. The third-order valence-corrected chi connectivity index (χ3v) is 3.01. The molecule has 0 spiro atoms. The first-order chi connectivity index (χ1) is 10.7. The van der Waals surface area contributed by atoms with Crippen molar-refractivity contribution in [3.05, 3.63) is 59.2 Å². The molecule has 0 saturated carbocycles. The Balaban J connectivity index is 2.10. The summed E-state index contributed by atoms with van der Waals surface area (Å²) in [6, 6.07) is 13.8. The van der Waals surface area contributed by atoms with Gasteiger partial charge in [0.25, 0.3) is 0 Å². The summed E-state index contributed by atoms with van der Waals surface area (Å²) in [6.07, 6.45) is 0. The van der Waals surface area contributed by atoms with E-state index < -0.39 is 5.97 Å². The monoisotopic (exact) mass is 297 g/mol. The normalized spacial score (nSPS) is 9.68. The number of esters is 1. The second-order valence-electron chi connectivity index (χ2n) is 4.49. The molecule has 0 aliphatic rings. The van der Waals surface area contributed by atoms with Gasteiger partial charge in [0.1, 0.15) is 18.1 Å². The van der Waals surface area contributed by atoms with E-state index in [-0.39, 0.29) is 6.61 Å². The van der Waals surface area contributed by atoms with Gasteiger partial charge in [-0.2, -0.15) is 5.26 Å². The van der Waals surface area contributed by atoms with E-state index in [1.165, 1.54) is 14.2 Å². The highest BCUT2D eigenvalue weighted by Crippen LogP contribution is 2.23. The molecule has 0 aliphatic heterocycles. The average Bonchev–Trinajstić information content (AvgIpc) is 2.59. The Morgan fingerprint density at radius 3 is 2.36 bits per heavy atom. The second kappa shape index (κ2) is 7.14. The lowest BCUT2D eigenvalue weighted by Gasteiger charge is -2.09. The largest absolute Gasteiger partial charge is 0.497 e. The van der Waals surface area contributed by atoms with Crippen molar-refractivity contribution in [3.8, 4) is 17.6 Å². The molecule has 0 atom stereocenters. The van der Waals surface area contributed by atoms with E-state index in [0.29, 0.717) is 22.6 Å². The van der Waals surface area contributed by atoms with Crippen molar-refractivity contribution in [1.29, 1.82) is 5.26 Å². The maximum atomic E-state index is 12.1. The van der Waals surface area contributed by atoms with Crippen molar-refractivity contribution < 1.29 is 19.0 Å². The molecule has 5 heteroatoms. The number of ether oxygens (including phenoxy) is 3. The van der Waals surface area contributed by atoms with Gasteiger partial charge in [0, 0.05) is 6.07 Å². The van der Waals surface area contributed by atoms with E-state index in [0.717, 1.165) is 5.56 Å². The summed E-state index contributed by atoms with van der Waals surface area (Å²) in [5, 5.41) is 8.85. The lowest BCUT2D eigenvalue weighted by molar-refractivity contribution is 0.0472. The van der Waals surface area contributed by atoms with Gasteiger partial charge >= 0.3 is 5.97 Å². The molecular weight excluding hydrogens is 282 g/mol. The summed E-state index contributed by atoms with van der Waals surface area (Å²) in [6.45, 7) is 0.0911. The SMILES string of the molecule is COc1cc(OC)cc(C(=O)OCc2cccc(C#N)c2)c1. The fraction of sp³-hybridized carbons (Fsp3) is 0.176. The van der Waals surface area contributed by atoms with Gasteiger partial charge in [0.15, 0.2) is 0 Å². The fourth-order valence-electron chi connectivity index (χ4n) is 1.89. The molecule has 2 aromatic rings. The van der Waals surface area contributed by atoms with Crippen molar-refractivity contribution in [2.45, 2.75) is 6.61 Å². The Kier molecular flexibility index (Phi) is 4.99. The highest BCUT2D eigenvalue weighted by molar-refractivity contribution is 5.90. The zero-order valence-electron chi connectivity index (χ0n) is 12.3. The molecule has 0 radical (unpaired) electrons. The molecule has 2 aromatic carbocycles. The molecule has 0 saturated heterocycles. The summed E-state index contributed by atoms with van der Waals surface area (Å²) >= 11 is 0. The van der Waals surface area contributed by atoms with Crippen LogP contribution in [0.3, 0.4) is 0 Å². The zero-order valence-corrected chi connectivity index (χ0v) is 12.3. The molecular formula is C17H15NO4. The minimum absolute atomic E-state index is 0.0911. The van der Waals surface area contributed by atoms with Crippen LogP contribution in [-0.4, -0.2) is 20.2 Å². The van der Waals surface area contributed by atoms with Crippen LogP contribution in [0.25, 0.3) is 0 Å². The molecule has 0 N–H and O–H groups in total. The summed E-state index contributed by atoms with van der Waals surface area (Å²) in [5.74, 6) is 0.537. The topological polar surface area (TPSA) is 68.6 Å². The van der Waals surface area contributed by atoms with Crippen molar-refractivity contribution in [2.75, 3.05) is 14.2 Å². The van der Waals surface area contributed by atoms with Crippen LogP contribution in [0.5, 0.6) is 11.5 Å². The Hall–Kier alpha value is -3.00. The standard InChI is InChI=1S/C17H15NO4/c1-20-15-7-14(8-16(9-15)21-2)17(19)22-11-13-5-3-4-12(6-13)10-18/h3-9H,11H2,1-2H3. The minimum atomic E-state index is -0.487. The number of methoxy groups -OCH3 is 2. The quantitative estimate of drug-likeness (QED) is 0.794. The molecule has 0 unspecified atom stereocenters. The van der Waals surface area contributed by atoms with E-state index in [9.17, 15) is 4.79 Å². The smallest absolute Gasteiger partial charge is 0.338 e.